The van der Waals surface area contributed by atoms with Crippen LogP contribution in [0, 0.1) is 0 Å². The Labute approximate surface area is 179 Å². The van der Waals surface area contributed by atoms with Gasteiger partial charge in [-0.05, 0) is 30.7 Å². The zero-order chi connectivity index (χ0) is 21.4. The van der Waals surface area contributed by atoms with Crippen LogP contribution in [0.4, 0.5) is 5.95 Å². The number of rotatable bonds is 5. The molecule has 5 rings (SSSR count). The normalized spacial score (nSPS) is 16.5. The van der Waals surface area contributed by atoms with Crippen molar-refractivity contribution in [3.05, 3.63) is 48.9 Å². The van der Waals surface area contributed by atoms with Crippen LogP contribution in [0.5, 0.6) is 5.75 Å². The van der Waals surface area contributed by atoms with E-state index in [1.54, 1.807) is 29.2 Å². The van der Waals surface area contributed by atoms with Crippen LogP contribution in [0.15, 0.2) is 48.9 Å². The Bertz CT molecular complexity index is 1200. The molecule has 1 aromatic carbocycles. The summed E-state index contributed by atoms with van der Waals surface area (Å²) in [6.07, 6.45) is 6.21. The number of fused-ring (bicyclic) bond motifs is 1. The highest BCUT2D eigenvalue weighted by Crippen LogP contribution is 2.31. The number of hydrogen-bond acceptors (Lipinski definition) is 8. The van der Waals surface area contributed by atoms with Gasteiger partial charge in [-0.1, -0.05) is 19.9 Å². The number of nitrogens with zero attached hydrogens (tertiary/aromatic N) is 7. The van der Waals surface area contributed by atoms with E-state index in [9.17, 15) is 5.11 Å². The highest BCUT2D eigenvalue weighted by molar-refractivity contribution is 5.72. The van der Waals surface area contributed by atoms with E-state index in [-0.39, 0.29) is 5.75 Å². The van der Waals surface area contributed by atoms with E-state index in [1.165, 1.54) is 0 Å². The number of hydrogen-bond donors (Lipinski definition) is 2. The molecule has 1 saturated heterocycles. The minimum Gasteiger partial charge on any atom is -0.507 e. The predicted octanol–water partition coefficient (Wildman–Crippen LogP) is 2.53. The van der Waals surface area contributed by atoms with Crippen LogP contribution in [-0.4, -0.2) is 60.1 Å². The highest BCUT2D eigenvalue weighted by atomic mass is 16.3. The summed E-state index contributed by atoms with van der Waals surface area (Å²) < 4.78 is 1.70. The number of aromatic hydroxyl groups is 1. The van der Waals surface area contributed by atoms with E-state index >= 15 is 0 Å². The van der Waals surface area contributed by atoms with Crippen LogP contribution in [0.25, 0.3) is 28.2 Å². The van der Waals surface area contributed by atoms with Crippen molar-refractivity contribution in [3.63, 3.8) is 0 Å². The summed E-state index contributed by atoms with van der Waals surface area (Å²) in [5.41, 5.74) is 3.43. The molecule has 9 nitrogen and oxygen atoms in total. The largest absolute Gasteiger partial charge is 0.507 e. The van der Waals surface area contributed by atoms with E-state index in [1.807, 2.05) is 24.3 Å². The van der Waals surface area contributed by atoms with Gasteiger partial charge in [-0.25, -0.2) is 14.5 Å². The van der Waals surface area contributed by atoms with Crippen molar-refractivity contribution in [2.45, 2.75) is 32.4 Å². The van der Waals surface area contributed by atoms with Gasteiger partial charge in [-0.3, -0.25) is 0 Å². The molecule has 0 saturated carbocycles. The Hall–Kier alpha value is -3.59. The van der Waals surface area contributed by atoms with Gasteiger partial charge in [0.25, 0.3) is 0 Å². The monoisotopic (exact) mass is 416 g/mol. The number of phenolic OH excluding ortho intramolecular Hbond substituents is 1. The van der Waals surface area contributed by atoms with E-state index in [4.69, 9.17) is 0 Å². The van der Waals surface area contributed by atoms with Crippen molar-refractivity contribution in [2.24, 2.45) is 0 Å². The quantitative estimate of drug-likeness (QED) is 0.511. The summed E-state index contributed by atoms with van der Waals surface area (Å²) in [5.74, 6) is 0.724. The number of phenols is 1. The molecular formula is C22H24N8O. The van der Waals surface area contributed by atoms with Crippen molar-refractivity contribution in [2.75, 3.05) is 18.0 Å². The van der Waals surface area contributed by atoms with Crippen LogP contribution in [0.1, 0.15) is 20.3 Å². The molecular weight excluding hydrogens is 392 g/mol. The molecule has 0 bridgehead atoms. The number of anilines is 1. The van der Waals surface area contributed by atoms with Gasteiger partial charge in [0.15, 0.2) is 5.65 Å². The summed E-state index contributed by atoms with van der Waals surface area (Å²) in [6.45, 7) is 6.08. The first-order chi connectivity index (χ1) is 15.1. The molecule has 4 heterocycles. The van der Waals surface area contributed by atoms with Crippen LogP contribution < -0.4 is 10.2 Å². The maximum atomic E-state index is 10.6. The second-order valence-electron chi connectivity index (χ2n) is 8.08. The average molecular weight is 416 g/mol. The summed E-state index contributed by atoms with van der Waals surface area (Å²) in [4.78, 5) is 10.8. The summed E-state index contributed by atoms with van der Waals surface area (Å²) in [7, 11) is 0. The summed E-state index contributed by atoms with van der Waals surface area (Å²) in [5, 5.41) is 27.3. The Balaban J connectivity index is 1.34. The Morgan fingerprint density at radius 3 is 2.77 bits per heavy atom. The third-order valence-corrected chi connectivity index (χ3v) is 5.41. The van der Waals surface area contributed by atoms with Gasteiger partial charge in [-0.2, -0.15) is 5.10 Å². The van der Waals surface area contributed by atoms with Crippen LogP contribution in [-0.2, 0) is 0 Å². The Morgan fingerprint density at radius 2 is 2.00 bits per heavy atom. The van der Waals surface area contributed by atoms with Gasteiger partial charge in [0.2, 0.25) is 5.95 Å². The smallest absolute Gasteiger partial charge is 0.245 e. The van der Waals surface area contributed by atoms with Gasteiger partial charge in [-0.15, -0.1) is 10.2 Å². The summed E-state index contributed by atoms with van der Waals surface area (Å²) in [6, 6.07) is 10.1. The lowest BCUT2D eigenvalue weighted by Crippen LogP contribution is -2.37. The fraction of sp³-hybridized carbons (Fsp3) is 0.318. The molecule has 2 N–H and O–H groups in total. The summed E-state index contributed by atoms with van der Waals surface area (Å²) >= 11 is 0. The molecule has 158 valence electrons. The van der Waals surface area contributed by atoms with Gasteiger partial charge in [0.1, 0.15) is 11.4 Å². The fourth-order valence-corrected chi connectivity index (χ4v) is 3.96. The molecule has 1 aliphatic rings. The Morgan fingerprint density at radius 1 is 1.10 bits per heavy atom. The SMILES string of the molecule is CC(C)NC1CCN(c2ncc(-c3ccc(-c4ccc5nccn5n4)cc3O)nn2)C1. The van der Waals surface area contributed by atoms with E-state index in [0.717, 1.165) is 36.4 Å². The van der Waals surface area contributed by atoms with Gasteiger partial charge in [0.05, 0.1) is 11.9 Å². The van der Waals surface area contributed by atoms with Gasteiger partial charge < -0.3 is 15.3 Å². The highest BCUT2D eigenvalue weighted by Gasteiger charge is 2.25. The topological polar surface area (TPSA) is 104 Å². The first-order valence-electron chi connectivity index (χ1n) is 10.4. The van der Waals surface area contributed by atoms with Crippen LogP contribution >= 0.6 is 0 Å². The molecule has 9 heteroatoms. The fourth-order valence-electron chi connectivity index (χ4n) is 3.96. The average Bonchev–Trinajstić information content (AvgIpc) is 3.42. The van der Waals surface area contributed by atoms with Gasteiger partial charge in [0, 0.05) is 48.7 Å². The number of nitrogens with one attached hydrogen (secondary N) is 1. The van der Waals surface area contributed by atoms with Crippen molar-refractivity contribution in [3.8, 4) is 28.3 Å². The first-order valence-corrected chi connectivity index (χ1v) is 10.4. The van der Waals surface area contributed by atoms with Crippen molar-refractivity contribution in [1.29, 1.82) is 0 Å². The molecule has 1 unspecified atom stereocenters. The molecule has 31 heavy (non-hydrogen) atoms. The lowest BCUT2D eigenvalue weighted by atomic mass is 10.1. The zero-order valence-electron chi connectivity index (χ0n) is 17.5. The number of aromatic nitrogens is 6. The lowest BCUT2D eigenvalue weighted by Gasteiger charge is -2.18. The molecule has 4 aromatic rings. The van der Waals surface area contributed by atoms with E-state index in [0.29, 0.717) is 29.3 Å². The van der Waals surface area contributed by atoms with Gasteiger partial charge >= 0.3 is 0 Å². The maximum absolute atomic E-state index is 10.6. The molecule has 0 radical (unpaired) electrons. The molecule has 1 atom stereocenters. The minimum absolute atomic E-state index is 0.108. The van der Waals surface area contributed by atoms with Crippen molar-refractivity contribution in [1.82, 2.24) is 35.1 Å². The second kappa shape index (κ2) is 7.92. The molecule has 0 spiro atoms. The third kappa shape index (κ3) is 3.91. The number of benzene rings is 1. The van der Waals surface area contributed by atoms with Crippen molar-refractivity contribution >= 4 is 11.6 Å². The lowest BCUT2D eigenvalue weighted by molar-refractivity contribution is 0.477. The predicted molar refractivity (Wildman–Crippen MR) is 118 cm³/mol. The van der Waals surface area contributed by atoms with Crippen molar-refractivity contribution < 1.29 is 5.11 Å². The van der Waals surface area contributed by atoms with E-state index in [2.05, 4.69) is 49.3 Å². The zero-order valence-corrected chi connectivity index (χ0v) is 17.5. The van der Waals surface area contributed by atoms with Crippen LogP contribution in [0.3, 0.4) is 0 Å². The van der Waals surface area contributed by atoms with Crippen LogP contribution in [0.2, 0.25) is 0 Å². The minimum atomic E-state index is 0.108. The third-order valence-electron chi connectivity index (χ3n) is 5.41. The standard InChI is InChI=1S/C22H24N8O/c1-14(2)25-16-7-9-29(13-16)22-24-12-19(26-27-22)17-4-3-15(11-20(17)31)18-5-6-21-23-8-10-30(21)28-18/h3-6,8,10-12,14,16,25,31H,7,9,13H2,1-2H3. The first kappa shape index (κ1) is 19.4. The molecule has 1 aliphatic heterocycles. The molecule has 1 fully saturated rings. The molecule has 0 aliphatic carbocycles. The Kier molecular flexibility index (Phi) is 4.95. The number of imidazole rings is 1. The van der Waals surface area contributed by atoms with E-state index < -0.39 is 0 Å². The maximum Gasteiger partial charge on any atom is 0.245 e. The second-order valence-corrected chi connectivity index (χ2v) is 8.08. The molecule has 0 amide bonds. The molecule has 3 aromatic heterocycles.